The Bertz CT molecular complexity index is 563. The Morgan fingerprint density at radius 1 is 1.38 bits per heavy atom. The van der Waals surface area contributed by atoms with Gasteiger partial charge in [-0.1, -0.05) is 6.08 Å². The van der Waals surface area contributed by atoms with Crippen LogP contribution in [0.3, 0.4) is 0 Å². The van der Waals surface area contributed by atoms with E-state index in [-0.39, 0.29) is 6.54 Å². The van der Waals surface area contributed by atoms with Crippen molar-refractivity contribution in [1.29, 1.82) is 0 Å². The Morgan fingerprint density at radius 2 is 1.95 bits per heavy atom. The van der Waals surface area contributed by atoms with E-state index in [1.807, 2.05) is 33.8 Å². The van der Waals surface area contributed by atoms with E-state index in [2.05, 4.69) is 0 Å². The molecule has 21 heavy (non-hydrogen) atoms. The number of nitrogens with two attached hydrogens (primary N) is 1. The topological polar surface area (TPSA) is 81.8 Å². The summed E-state index contributed by atoms with van der Waals surface area (Å²) in [5, 5.41) is 10.7. The molecule has 1 aliphatic rings. The minimum Gasteiger partial charge on any atom is -0.477 e. The molecule has 1 fully saturated rings. The number of carbonyl (C=O) groups is 1. The van der Waals surface area contributed by atoms with Gasteiger partial charge in [0, 0.05) is 6.54 Å². The Labute approximate surface area is 128 Å². The lowest BCUT2D eigenvalue weighted by molar-refractivity contribution is 0.00578. The molecule has 0 spiro atoms. The predicted octanol–water partition coefficient (Wildman–Crippen LogP) is 2.42. The summed E-state index contributed by atoms with van der Waals surface area (Å²) in [7, 11) is -0.506. The monoisotopic (exact) mass is 309 g/mol. The number of aromatic carboxylic acids is 1. The summed E-state index contributed by atoms with van der Waals surface area (Å²) in [5.74, 6) is -0.926. The zero-order chi connectivity index (χ0) is 15.8. The van der Waals surface area contributed by atoms with Gasteiger partial charge in [0.25, 0.3) is 0 Å². The van der Waals surface area contributed by atoms with Crippen LogP contribution in [0.15, 0.2) is 16.9 Å². The minimum absolute atomic E-state index is 0.287. The highest BCUT2D eigenvalue weighted by Gasteiger charge is 2.52. The number of hydrogen-bond acceptors (Lipinski definition) is 5. The van der Waals surface area contributed by atoms with Crippen LogP contribution >= 0.6 is 11.3 Å². The third-order valence-electron chi connectivity index (χ3n) is 3.97. The van der Waals surface area contributed by atoms with Crippen LogP contribution in [0.2, 0.25) is 0 Å². The van der Waals surface area contributed by atoms with Crippen LogP contribution < -0.4 is 5.73 Å². The Kier molecular flexibility index (Phi) is 4.30. The van der Waals surface area contributed by atoms with Gasteiger partial charge in [0.2, 0.25) is 0 Å². The molecular formula is C14H20BNO4S. The molecule has 0 amide bonds. The molecule has 1 aromatic heterocycles. The van der Waals surface area contributed by atoms with E-state index in [0.29, 0.717) is 4.88 Å². The van der Waals surface area contributed by atoms with Crippen molar-refractivity contribution in [2.45, 2.75) is 38.9 Å². The Hall–Kier alpha value is -1.15. The first-order valence-electron chi connectivity index (χ1n) is 6.74. The van der Waals surface area contributed by atoms with Crippen molar-refractivity contribution in [3.63, 3.8) is 0 Å². The third-order valence-corrected chi connectivity index (χ3v) is 4.91. The molecule has 1 saturated heterocycles. The number of hydrogen-bond donors (Lipinski definition) is 2. The largest absolute Gasteiger partial charge is 0.491 e. The van der Waals surface area contributed by atoms with Crippen LogP contribution in [0.5, 0.6) is 0 Å². The van der Waals surface area contributed by atoms with Crippen molar-refractivity contribution >= 4 is 30.5 Å². The second-order valence-electron chi connectivity index (χ2n) is 6.06. The van der Waals surface area contributed by atoms with E-state index in [1.165, 1.54) is 11.3 Å². The van der Waals surface area contributed by atoms with E-state index >= 15 is 0 Å². The molecule has 0 saturated carbocycles. The number of carboxylic acids is 1. The molecule has 5 nitrogen and oxygen atoms in total. The fourth-order valence-electron chi connectivity index (χ4n) is 1.97. The van der Waals surface area contributed by atoms with Crippen LogP contribution in [0, 0.1) is 0 Å². The van der Waals surface area contributed by atoms with Gasteiger partial charge in [-0.05, 0) is 50.2 Å². The fraction of sp³-hybridized carbons (Fsp3) is 0.500. The van der Waals surface area contributed by atoms with Gasteiger partial charge in [-0.25, -0.2) is 4.79 Å². The van der Waals surface area contributed by atoms with Crippen molar-refractivity contribution in [3.05, 3.63) is 27.4 Å². The second-order valence-corrected chi connectivity index (χ2v) is 6.97. The normalized spacial score (nSPS) is 20.8. The molecule has 2 heterocycles. The summed E-state index contributed by atoms with van der Waals surface area (Å²) < 4.78 is 11.9. The third kappa shape index (κ3) is 3.21. The van der Waals surface area contributed by atoms with E-state index < -0.39 is 24.3 Å². The van der Waals surface area contributed by atoms with Crippen LogP contribution in [0.25, 0.3) is 6.08 Å². The second kappa shape index (κ2) is 5.57. The fourth-order valence-corrected chi connectivity index (χ4v) is 2.67. The quantitative estimate of drug-likeness (QED) is 0.835. The molecule has 1 aliphatic heterocycles. The molecule has 0 atom stereocenters. The number of rotatable bonds is 4. The number of thiophene rings is 1. The van der Waals surface area contributed by atoms with Gasteiger partial charge >= 0.3 is 13.1 Å². The van der Waals surface area contributed by atoms with Gasteiger partial charge in [0.05, 0.1) is 11.2 Å². The lowest BCUT2D eigenvalue weighted by atomic mass is 9.77. The van der Waals surface area contributed by atoms with Gasteiger partial charge in [-0.3, -0.25) is 0 Å². The molecule has 114 valence electrons. The highest BCUT2D eigenvalue weighted by atomic mass is 32.1. The van der Waals surface area contributed by atoms with Gasteiger partial charge in [-0.15, -0.1) is 11.3 Å². The summed E-state index contributed by atoms with van der Waals surface area (Å²) in [6.07, 6.45) is 1.84. The molecular weight excluding hydrogens is 289 g/mol. The van der Waals surface area contributed by atoms with Crippen LogP contribution in [-0.2, 0) is 9.31 Å². The summed E-state index contributed by atoms with van der Waals surface area (Å²) in [4.78, 5) is 11.2. The highest BCUT2D eigenvalue weighted by molar-refractivity contribution is 7.12. The van der Waals surface area contributed by atoms with Crippen molar-refractivity contribution in [2.24, 2.45) is 5.73 Å². The van der Waals surface area contributed by atoms with Crippen LogP contribution in [-0.4, -0.2) is 35.9 Å². The Balaban J connectivity index is 2.24. The van der Waals surface area contributed by atoms with Crippen LogP contribution in [0.1, 0.15) is 42.9 Å². The van der Waals surface area contributed by atoms with E-state index in [0.717, 1.165) is 11.0 Å². The van der Waals surface area contributed by atoms with E-state index in [1.54, 1.807) is 11.4 Å². The molecule has 7 heteroatoms. The van der Waals surface area contributed by atoms with Crippen molar-refractivity contribution < 1.29 is 19.2 Å². The molecule has 2 rings (SSSR count). The van der Waals surface area contributed by atoms with Gasteiger partial charge in [0.1, 0.15) is 4.88 Å². The summed E-state index contributed by atoms with van der Waals surface area (Å²) in [5.41, 5.74) is 6.55. The standard InChI is InChI=1S/C14H20BNO4S/c1-13(2)14(3,4)20-15(19-13)10(7-16)5-9-6-11(12(17)18)21-8-9/h5-6,8H,7,16H2,1-4H3,(H,17,18). The molecule has 0 aliphatic carbocycles. The zero-order valence-electron chi connectivity index (χ0n) is 12.7. The summed E-state index contributed by atoms with van der Waals surface area (Å²) in [6.45, 7) is 8.21. The average molecular weight is 309 g/mol. The minimum atomic E-state index is -0.926. The Morgan fingerprint density at radius 3 is 2.38 bits per heavy atom. The predicted molar refractivity (Wildman–Crippen MR) is 84.4 cm³/mol. The van der Waals surface area contributed by atoms with Crippen molar-refractivity contribution in [2.75, 3.05) is 6.54 Å². The first kappa shape index (κ1) is 16.2. The lowest BCUT2D eigenvalue weighted by Gasteiger charge is -2.32. The lowest BCUT2D eigenvalue weighted by Crippen LogP contribution is -2.41. The first-order chi connectivity index (χ1) is 9.66. The van der Waals surface area contributed by atoms with E-state index in [9.17, 15) is 4.79 Å². The van der Waals surface area contributed by atoms with Crippen molar-refractivity contribution in [1.82, 2.24) is 0 Å². The highest BCUT2D eigenvalue weighted by Crippen LogP contribution is 2.38. The maximum atomic E-state index is 10.9. The summed E-state index contributed by atoms with van der Waals surface area (Å²) in [6, 6.07) is 1.62. The maximum absolute atomic E-state index is 10.9. The first-order valence-corrected chi connectivity index (χ1v) is 7.62. The zero-order valence-corrected chi connectivity index (χ0v) is 13.5. The molecule has 0 aromatic carbocycles. The number of carboxylic acid groups (broad SMARTS) is 1. The molecule has 0 unspecified atom stereocenters. The van der Waals surface area contributed by atoms with Gasteiger partial charge in [-0.2, -0.15) is 0 Å². The molecule has 1 aromatic rings. The van der Waals surface area contributed by atoms with Gasteiger partial charge < -0.3 is 20.1 Å². The molecule has 0 bridgehead atoms. The van der Waals surface area contributed by atoms with Gasteiger partial charge in [0.15, 0.2) is 0 Å². The van der Waals surface area contributed by atoms with Crippen molar-refractivity contribution in [3.8, 4) is 0 Å². The molecule has 0 radical (unpaired) electrons. The summed E-state index contributed by atoms with van der Waals surface area (Å²) >= 11 is 1.19. The molecule has 3 N–H and O–H groups in total. The van der Waals surface area contributed by atoms with E-state index in [4.69, 9.17) is 20.1 Å². The van der Waals surface area contributed by atoms with Crippen LogP contribution in [0.4, 0.5) is 0 Å². The maximum Gasteiger partial charge on any atom is 0.491 e. The SMILES string of the molecule is CC1(C)OB(C(=Cc2csc(C(=O)O)c2)CN)OC1(C)C. The smallest absolute Gasteiger partial charge is 0.477 e. The average Bonchev–Trinajstić information content (AvgIpc) is 2.90.